The van der Waals surface area contributed by atoms with Crippen molar-refractivity contribution < 1.29 is 4.79 Å². The number of piperidine rings is 1. The molecule has 3 aromatic heterocycles. The highest BCUT2D eigenvalue weighted by Gasteiger charge is 2.23. The van der Waals surface area contributed by atoms with Crippen LogP contribution in [0, 0.1) is 0 Å². The van der Waals surface area contributed by atoms with E-state index in [0.717, 1.165) is 37.4 Å². The third-order valence-corrected chi connectivity index (χ3v) is 6.44. The number of anilines is 1. The van der Waals surface area contributed by atoms with Gasteiger partial charge in [0.2, 0.25) is 0 Å². The van der Waals surface area contributed by atoms with Crippen LogP contribution in [0.5, 0.6) is 0 Å². The minimum Gasteiger partial charge on any atom is -0.355 e. The number of amides is 1. The Labute approximate surface area is 158 Å². The lowest BCUT2D eigenvalue weighted by Crippen LogP contribution is -2.44. The van der Waals surface area contributed by atoms with Crippen LogP contribution in [0.3, 0.4) is 0 Å². The molecular formula is C17H17ClN4OS2. The van der Waals surface area contributed by atoms with Gasteiger partial charge in [-0.05, 0) is 36.4 Å². The summed E-state index contributed by atoms with van der Waals surface area (Å²) in [5.74, 6) is 0.938. The second kappa shape index (κ2) is 7.19. The molecule has 0 bridgehead atoms. The van der Waals surface area contributed by atoms with Gasteiger partial charge in [-0.2, -0.15) is 5.10 Å². The van der Waals surface area contributed by atoms with Crippen molar-refractivity contribution in [3.63, 3.8) is 0 Å². The number of nitrogens with zero attached hydrogens (tertiary/aromatic N) is 2. The SMILES string of the molecule is O=C(NC1CCN(c2cc(-c3cccs3)[nH]n2)CC1)c1ccc(Cl)s1. The van der Waals surface area contributed by atoms with Gasteiger partial charge in [0.15, 0.2) is 5.82 Å². The molecule has 130 valence electrons. The van der Waals surface area contributed by atoms with Crippen LogP contribution in [0.15, 0.2) is 35.7 Å². The van der Waals surface area contributed by atoms with Gasteiger partial charge in [-0.3, -0.25) is 9.89 Å². The fourth-order valence-electron chi connectivity index (χ4n) is 2.98. The Balaban J connectivity index is 1.33. The first kappa shape index (κ1) is 16.6. The van der Waals surface area contributed by atoms with E-state index < -0.39 is 0 Å². The van der Waals surface area contributed by atoms with Crippen LogP contribution >= 0.6 is 34.3 Å². The van der Waals surface area contributed by atoms with Crippen LogP contribution in [0.2, 0.25) is 4.34 Å². The molecule has 0 atom stereocenters. The second-order valence-corrected chi connectivity index (χ2v) is 8.62. The van der Waals surface area contributed by atoms with E-state index >= 15 is 0 Å². The summed E-state index contributed by atoms with van der Waals surface area (Å²) in [7, 11) is 0. The number of hydrogen-bond donors (Lipinski definition) is 2. The molecule has 1 aliphatic heterocycles. The smallest absolute Gasteiger partial charge is 0.261 e. The number of rotatable bonds is 4. The molecule has 0 spiro atoms. The van der Waals surface area contributed by atoms with Crippen LogP contribution in [0.25, 0.3) is 10.6 Å². The first-order valence-corrected chi connectivity index (χ1v) is 10.2. The number of carbonyl (C=O) groups excluding carboxylic acids is 1. The zero-order chi connectivity index (χ0) is 17.2. The van der Waals surface area contributed by atoms with Crippen LogP contribution in [0.4, 0.5) is 5.82 Å². The highest BCUT2D eigenvalue weighted by Crippen LogP contribution is 2.27. The van der Waals surface area contributed by atoms with E-state index in [1.54, 1.807) is 23.5 Å². The second-order valence-electron chi connectivity index (χ2n) is 5.96. The Kier molecular flexibility index (Phi) is 4.78. The van der Waals surface area contributed by atoms with Gasteiger partial charge in [0.25, 0.3) is 5.91 Å². The summed E-state index contributed by atoms with van der Waals surface area (Å²) in [6.07, 6.45) is 1.82. The summed E-state index contributed by atoms with van der Waals surface area (Å²) in [6.45, 7) is 1.76. The maximum atomic E-state index is 12.2. The molecule has 0 radical (unpaired) electrons. The van der Waals surface area contributed by atoms with Gasteiger partial charge in [-0.1, -0.05) is 17.7 Å². The molecule has 0 unspecified atom stereocenters. The highest BCUT2D eigenvalue weighted by molar-refractivity contribution is 7.18. The van der Waals surface area contributed by atoms with Gasteiger partial charge in [0, 0.05) is 25.2 Å². The average molecular weight is 393 g/mol. The molecule has 25 heavy (non-hydrogen) atoms. The van der Waals surface area contributed by atoms with E-state index in [1.165, 1.54) is 16.2 Å². The summed E-state index contributed by atoms with van der Waals surface area (Å²) >= 11 is 8.91. The highest BCUT2D eigenvalue weighted by atomic mass is 35.5. The lowest BCUT2D eigenvalue weighted by atomic mass is 10.0. The van der Waals surface area contributed by atoms with Crippen molar-refractivity contribution in [3.05, 3.63) is 44.9 Å². The molecule has 4 rings (SSSR count). The van der Waals surface area contributed by atoms with Crippen molar-refractivity contribution in [3.8, 4) is 10.6 Å². The number of carbonyl (C=O) groups is 1. The van der Waals surface area contributed by atoms with E-state index in [2.05, 4.69) is 37.9 Å². The normalized spacial score (nSPS) is 15.5. The quantitative estimate of drug-likeness (QED) is 0.697. The molecule has 0 aliphatic carbocycles. The Morgan fingerprint density at radius 3 is 2.84 bits per heavy atom. The average Bonchev–Trinajstić information content (AvgIpc) is 3.36. The number of aromatic nitrogens is 2. The summed E-state index contributed by atoms with van der Waals surface area (Å²) in [5, 5.41) is 12.7. The summed E-state index contributed by atoms with van der Waals surface area (Å²) in [4.78, 5) is 16.3. The van der Waals surface area contributed by atoms with Crippen molar-refractivity contribution in [2.75, 3.05) is 18.0 Å². The maximum Gasteiger partial charge on any atom is 0.261 e. The molecule has 3 aromatic rings. The summed E-state index contributed by atoms with van der Waals surface area (Å²) < 4.78 is 0.639. The monoisotopic (exact) mass is 392 g/mol. The van der Waals surface area contributed by atoms with Gasteiger partial charge >= 0.3 is 0 Å². The van der Waals surface area contributed by atoms with Gasteiger partial charge in [-0.25, -0.2) is 0 Å². The molecule has 1 amide bonds. The molecule has 0 aromatic carbocycles. The summed E-state index contributed by atoms with van der Waals surface area (Å²) in [5.41, 5.74) is 1.05. The minimum atomic E-state index is -0.0323. The van der Waals surface area contributed by atoms with E-state index in [0.29, 0.717) is 9.21 Å². The fourth-order valence-corrected chi connectivity index (χ4v) is 4.62. The van der Waals surface area contributed by atoms with E-state index in [9.17, 15) is 4.79 Å². The maximum absolute atomic E-state index is 12.2. The Hall–Kier alpha value is -1.83. The Morgan fingerprint density at radius 2 is 2.16 bits per heavy atom. The summed E-state index contributed by atoms with van der Waals surface area (Å²) in [6, 6.07) is 9.94. The van der Waals surface area contributed by atoms with Gasteiger partial charge in [0.05, 0.1) is 19.8 Å². The van der Waals surface area contributed by atoms with E-state index in [-0.39, 0.29) is 11.9 Å². The lowest BCUT2D eigenvalue weighted by molar-refractivity contribution is 0.0935. The number of thiophene rings is 2. The molecule has 1 aliphatic rings. The van der Waals surface area contributed by atoms with E-state index in [1.807, 2.05) is 6.07 Å². The largest absolute Gasteiger partial charge is 0.355 e. The number of hydrogen-bond acceptors (Lipinski definition) is 5. The third-order valence-electron chi connectivity index (χ3n) is 4.30. The molecule has 8 heteroatoms. The van der Waals surface area contributed by atoms with Crippen LogP contribution < -0.4 is 10.2 Å². The van der Waals surface area contributed by atoms with Crippen LogP contribution in [-0.2, 0) is 0 Å². The number of nitrogens with one attached hydrogen (secondary N) is 2. The van der Waals surface area contributed by atoms with E-state index in [4.69, 9.17) is 11.6 Å². The third kappa shape index (κ3) is 3.73. The molecule has 5 nitrogen and oxygen atoms in total. The molecule has 0 saturated carbocycles. The topological polar surface area (TPSA) is 61.0 Å². The van der Waals surface area contributed by atoms with Gasteiger partial charge in [0.1, 0.15) is 0 Å². The first-order chi connectivity index (χ1) is 12.2. The van der Waals surface area contributed by atoms with Crippen molar-refractivity contribution in [1.82, 2.24) is 15.5 Å². The first-order valence-electron chi connectivity index (χ1n) is 8.09. The molecule has 1 fully saturated rings. The Bertz CT molecular complexity index is 850. The number of H-pyrrole nitrogens is 1. The molecular weight excluding hydrogens is 376 g/mol. The number of aromatic amines is 1. The zero-order valence-electron chi connectivity index (χ0n) is 13.4. The predicted molar refractivity (Wildman–Crippen MR) is 104 cm³/mol. The molecule has 1 saturated heterocycles. The fraction of sp³-hybridized carbons (Fsp3) is 0.294. The molecule has 4 heterocycles. The van der Waals surface area contributed by atoms with Crippen molar-refractivity contribution >= 4 is 46.0 Å². The Morgan fingerprint density at radius 1 is 1.32 bits per heavy atom. The number of halogens is 1. The predicted octanol–water partition coefficient (Wildman–Crippen LogP) is 4.25. The standard InChI is InChI=1S/C17H17ClN4OS2/c18-15-4-3-14(25-15)17(23)19-11-5-7-22(8-6-11)16-10-12(20-21-16)13-2-1-9-24-13/h1-4,9-11H,5-8H2,(H,19,23)(H,20,21). The lowest BCUT2D eigenvalue weighted by Gasteiger charge is -2.32. The van der Waals surface area contributed by atoms with Crippen LogP contribution in [-0.4, -0.2) is 35.2 Å². The minimum absolute atomic E-state index is 0.0323. The van der Waals surface area contributed by atoms with Gasteiger partial charge < -0.3 is 10.2 Å². The van der Waals surface area contributed by atoms with Crippen molar-refractivity contribution in [2.24, 2.45) is 0 Å². The van der Waals surface area contributed by atoms with Crippen molar-refractivity contribution in [1.29, 1.82) is 0 Å². The van der Waals surface area contributed by atoms with Crippen LogP contribution in [0.1, 0.15) is 22.5 Å². The van der Waals surface area contributed by atoms with Gasteiger partial charge in [-0.15, -0.1) is 22.7 Å². The zero-order valence-corrected chi connectivity index (χ0v) is 15.8. The van der Waals surface area contributed by atoms with Crippen molar-refractivity contribution in [2.45, 2.75) is 18.9 Å². The molecule has 2 N–H and O–H groups in total.